The Hall–Kier alpha value is -2.90. The lowest BCUT2D eigenvalue weighted by molar-refractivity contribution is 0.0947. The molecule has 0 aliphatic rings. The predicted octanol–water partition coefficient (Wildman–Crippen LogP) is 1.44. The van der Waals surface area contributed by atoms with E-state index in [4.69, 9.17) is 0 Å². The van der Waals surface area contributed by atoms with Crippen LogP contribution in [0.25, 0.3) is 11.3 Å². The summed E-state index contributed by atoms with van der Waals surface area (Å²) in [5, 5.41) is 18.5. The fraction of sp³-hybridized carbons (Fsp3) is 0.375. The summed E-state index contributed by atoms with van der Waals surface area (Å²) in [6, 6.07) is 3.65. The molecule has 0 spiro atoms. The van der Waals surface area contributed by atoms with Crippen molar-refractivity contribution in [1.29, 1.82) is 0 Å². The number of H-pyrrole nitrogens is 1. The van der Waals surface area contributed by atoms with E-state index in [0.29, 0.717) is 12.2 Å². The summed E-state index contributed by atoms with van der Waals surface area (Å²) in [4.78, 5) is 12.2. The first-order valence-electron chi connectivity index (χ1n) is 7.88. The quantitative estimate of drug-likeness (QED) is 0.670. The van der Waals surface area contributed by atoms with E-state index >= 15 is 0 Å². The second-order valence-electron chi connectivity index (χ2n) is 5.71. The number of hydrogen-bond acceptors (Lipinski definition) is 4. The van der Waals surface area contributed by atoms with Crippen LogP contribution in [0, 0.1) is 13.8 Å². The molecule has 0 radical (unpaired) electrons. The molecular formula is C16H21N7O. The van der Waals surface area contributed by atoms with Crippen LogP contribution in [-0.4, -0.2) is 42.2 Å². The van der Waals surface area contributed by atoms with Crippen LogP contribution in [0.1, 0.15) is 28.3 Å². The molecule has 0 aromatic carbocycles. The van der Waals surface area contributed by atoms with Gasteiger partial charge in [-0.25, -0.2) is 0 Å². The summed E-state index contributed by atoms with van der Waals surface area (Å²) in [6.45, 7) is 5.28. The minimum absolute atomic E-state index is 0.159. The molecule has 126 valence electrons. The molecular weight excluding hydrogens is 306 g/mol. The third kappa shape index (κ3) is 3.22. The van der Waals surface area contributed by atoms with E-state index in [2.05, 4.69) is 25.7 Å². The van der Waals surface area contributed by atoms with Crippen LogP contribution in [-0.2, 0) is 13.6 Å². The van der Waals surface area contributed by atoms with Crippen molar-refractivity contribution in [3.63, 3.8) is 0 Å². The molecule has 0 bridgehead atoms. The van der Waals surface area contributed by atoms with E-state index in [9.17, 15) is 4.79 Å². The molecule has 8 heteroatoms. The Bertz CT molecular complexity index is 829. The number of nitrogens with one attached hydrogen (secondary N) is 2. The van der Waals surface area contributed by atoms with Crippen LogP contribution >= 0.6 is 0 Å². The van der Waals surface area contributed by atoms with Gasteiger partial charge in [-0.1, -0.05) is 0 Å². The van der Waals surface area contributed by atoms with Crippen LogP contribution in [0.3, 0.4) is 0 Å². The third-order valence-electron chi connectivity index (χ3n) is 4.00. The average molecular weight is 327 g/mol. The van der Waals surface area contributed by atoms with Crippen molar-refractivity contribution in [3.05, 3.63) is 41.6 Å². The number of amides is 1. The molecule has 3 heterocycles. The van der Waals surface area contributed by atoms with Gasteiger partial charge in [0.05, 0.1) is 11.4 Å². The van der Waals surface area contributed by atoms with Crippen molar-refractivity contribution >= 4 is 5.91 Å². The summed E-state index contributed by atoms with van der Waals surface area (Å²) in [7, 11) is 1.89. The van der Waals surface area contributed by atoms with Gasteiger partial charge in [0.25, 0.3) is 5.91 Å². The second-order valence-corrected chi connectivity index (χ2v) is 5.71. The third-order valence-corrected chi connectivity index (χ3v) is 4.00. The van der Waals surface area contributed by atoms with Gasteiger partial charge in [0.2, 0.25) is 0 Å². The largest absolute Gasteiger partial charge is 0.351 e. The number of carbonyl (C=O) groups excluding carboxylic acids is 1. The highest BCUT2D eigenvalue weighted by atomic mass is 16.1. The maximum atomic E-state index is 12.2. The first-order valence-corrected chi connectivity index (χ1v) is 7.88. The average Bonchev–Trinajstić information content (AvgIpc) is 3.26. The predicted molar refractivity (Wildman–Crippen MR) is 89.4 cm³/mol. The van der Waals surface area contributed by atoms with E-state index in [1.807, 2.05) is 42.5 Å². The molecule has 3 aromatic rings. The number of aryl methyl sites for hydroxylation is 3. The molecule has 2 N–H and O–H groups in total. The zero-order valence-electron chi connectivity index (χ0n) is 14.1. The normalized spacial score (nSPS) is 11.0. The Balaban J connectivity index is 1.59. The lowest BCUT2D eigenvalue weighted by Gasteiger charge is -2.03. The van der Waals surface area contributed by atoms with Gasteiger partial charge in [0.15, 0.2) is 0 Å². The smallest absolute Gasteiger partial charge is 0.269 e. The Morgan fingerprint density at radius 1 is 1.38 bits per heavy atom. The fourth-order valence-corrected chi connectivity index (χ4v) is 2.68. The summed E-state index contributed by atoms with van der Waals surface area (Å²) >= 11 is 0. The Labute approximate surface area is 139 Å². The topological polar surface area (TPSA) is 93.4 Å². The number of rotatable bonds is 6. The SMILES string of the molecule is Cc1nn(C)c(C)c1-c1cc(C(=O)NCCCn2cccn2)[nH]n1. The molecule has 3 rings (SSSR count). The van der Waals surface area contributed by atoms with Crippen LogP contribution < -0.4 is 5.32 Å². The van der Waals surface area contributed by atoms with E-state index in [1.165, 1.54) is 0 Å². The van der Waals surface area contributed by atoms with Crippen LogP contribution in [0.4, 0.5) is 0 Å². The molecule has 3 aromatic heterocycles. The van der Waals surface area contributed by atoms with E-state index in [1.54, 1.807) is 12.3 Å². The van der Waals surface area contributed by atoms with Gasteiger partial charge in [-0.05, 0) is 32.4 Å². The second kappa shape index (κ2) is 6.69. The first-order chi connectivity index (χ1) is 11.6. The highest BCUT2D eigenvalue weighted by molar-refractivity contribution is 5.93. The van der Waals surface area contributed by atoms with Gasteiger partial charge in [-0.15, -0.1) is 0 Å². The maximum absolute atomic E-state index is 12.2. The van der Waals surface area contributed by atoms with Crippen molar-refractivity contribution in [2.24, 2.45) is 7.05 Å². The fourth-order valence-electron chi connectivity index (χ4n) is 2.68. The minimum Gasteiger partial charge on any atom is -0.351 e. The number of aromatic amines is 1. The summed E-state index contributed by atoms with van der Waals surface area (Å²) in [5.74, 6) is -0.159. The van der Waals surface area contributed by atoms with Crippen LogP contribution in [0.15, 0.2) is 24.5 Å². The van der Waals surface area contributed by atoms with Gasteiger partial charge in [-0.3, -0.25) is 19.3 Å². The maximum Gasteiger partial charge on any atom is 0.269 e. The van der Waals surface area contributed by atoms with Crippen molar-refractivity contribution < 1.29 is 4.79 Å². The van der Waals surface area contributed by atoms with Crippen LogP contribution in [0.2, 0.25) is 0 Å². The van der Waals surface area contributed by atoms with Crippen LogP contribution in [0.5, 0.6) is 0 Å². The Morgan fingerprint density at radius 2 is 2.21 bits per heavy atom. The molecule has 0 saturated carbocycles. The van der Waals surface area contributed by atoms with Crippen molar-refractivity contribution in [2.45, 2.75) is 26.8 Å². The Morgan fingerprint density at radius 3 is 2.88 bits per heavy atom. The van der Waals surface area contributed by atoms with Crippen molar-refractivity contribution in [1.82, 2.24) is 35.1 Å². The monoisotopic (exact) mass is 327 g/mol. The zero-order valence-corrected chi connectivity index (χ0v) is 14.1. The molecule has 0 atom stereocenters. The van der Waals surface area contributed by atoms with Crippen molar-refractivity contribution in [2.75, 3.05) is 6.54 Å². The van der Waals surface area contributed by atoms with Crippen molar-refractivity contribution in [3.8, 4) is 11.3 Å². The number of carbonyl (C=O) groups is 1. The van der Waals surface area contributed by atoms with E-state index in [0.717, 1.165) is 35.6 Å². The summed E-state index contributed by atoms with van der Waals surface area (Å²) in [5.41, 5.74) is 4.07. The van der Waals surface area contributed by atoms with Gasteiger partial charge < -0.3 is 5.32 Å². The molecule has 1 amide bonds. The molecule has 24 heavy (non-hydrogen) atoms. The molecule has 0 fully saturated rings. The molecule has 0 saturated heterocycles. The first kappa shape index (κ1) is 16.0. The van der Waals surface area contributed by atoms with Gasteiger partial charge >= 0.3 is 0 Å². The minimum atomic E-state index is -0.159. The highest BCUT2D eigenvalue weighted by Gasteiger charge is 2.16. The summed E-state index contributed by atoms with van der Waals surface area (Å²) < 4.78 is 3.66. The number of hydrogen-bond donors (Lipinski definition) is 2. The Kier molecular flexibility index (Phi) is 4.45. The molecule has 8 nitrogen and oxygen atoms in total. The van der Waals surface area contributed by atoms with Gasteiger partial charge in [0, 0.05) is 43.8 Å². The number of nitrogens with zero attached hydrogens (tertiary/aromatic N) is 5. The summed E-state index contributed by atoms with van der Waals surface area (Å²) in [6.07, 6.45) is 4.46. The lowest BCUT2D eigenvalue weighted by Crippen LogP contribution is -2.25. The molecule has 0 aliphatic heterocycles. The van der Waals surface area contributed by atoms with E-state index < -0.39 is 0 Å². The standard InChI is InChI=1S/C16H21N7O/c1-11-15(12(2)22(3)21-11)13-10-14(20-19-13)16(24)17-6-4-8-23-9-5-7-18-23/h5,7,9-10H,4,6,8H2,1-3H3,(H,17,24)(H,19,20). The highest BCUT2D eigenvalue weighted by Crippen LogP contribution is 2.25. The molecule has 0 aliphatic carbocycles. The van der Waals surface area contributed by atoms with Gasteiger partial charge in [0.1, 0.15) is 5.69 Å². The molecule has 0 unspecified atom stereocenters. The van der Waals surface area contributed by atoms with Gasteiger partial charge in [-0.2, -0.15) is 15.3 Å². The number of aromatic nitrogens is 6. The lowest BCUT2D eigenvalue weighted by atomic mass is 10.1. The zero-order chi connectivity index (χ0) is 17.1. The van der Waals surface area contributed by atoms with E-state index in [-0.39, 0.29) is 5.91 Å².